The monoisotopic (exact) mass is 273 g/mol. The molecule has 2 N–H and O–H groups in total. The van der Waals surface area contributed by atoms with Crippen LogP contribution in [-0.4, -0.2) is 21.6 Å². The molecule has 106 valence electrons. The molecule has 1 aromatic heterocycles. The van der Waals surface area contributed by atoms with Gasteiger partial charge in [0.05, 0.1) is 0 Å². The first-order valence-corrected chi connectivity index (χ1v) is 7.50. The predicted octanol–water partition coefficient (Wildman–Crippen LogP) is 1.47. The van der Waals surface area contributed by atoms with Gasteiger partial charge in [0.1, 0.15) is 5.69 Å². The highest BCUT2D eigenvalue weighted by Crippen LogP contribution is 2.55. The molecular formula is C15H19N3O2. The molecular weight excluding hydrogens is 254 g/mol. The molecule has 0 saturated heterocycles. The first-order valence-electron chi connectivity index (χ1n) is 7.50. The quantitative estimate of drug-likeness (QED) is 0.856. The van der Waals surface area contributed by atoms with Crippen LogP contribution in [0.25, 0.3) is 0 Å². The Labute approximate surface area is 117 Å². The van der Waals surface area contributed by atoms with Crippen LogP contribution in [-0.2, 0) is 0 Å². The summed E-state index contributed by atoms with van der Waals surface area (Å²) in [5.41, 5.74) is 0.0145. The van der Waals surface area contributed by atoms with Gasteiger partial charge in [-0.3, -0.25) is 9.59 Å². The first kappa shape index (κ1) is 12.1. The second-order valence-electron chi connectivity index (χ2n) is 6.96. The van der Waals surface area contributed by atoms with E-state index < -0.39 is 0 Å². The van der Waals surface area contributed by atoms with E-state index in [9.17, 15) is 9.59 Å². The average Bonchev–Trinajstić information content (AvgIpc) is 2.37. The van der Waals surface area contributed by atoms with Gasteiger partial charge >= 0.3 is 0 Å². The van der Waals surface area contributed by atoms with Crippen molar-refractivity contribution in [1.29, 1.82) is 0 Å². The first-order chi connectivity index (χ1) is 9.62. The average molecular weight is 273 g/mol. The summed E-state index contributed by atoms with van der Waals surface area (Å²) in [7, 11) is 0. The number of aromatic amines is 1. The summed E-state index contributed by atoms with van der Waals surface area (Å²) in [6, 6.07) is 2.84. The van der Waals surface area contributed by atoms with Crippen molar-refractivity contribution in [3.05, 3.63) is 28.2 Å². The molecule has 1 aromatic rings. The Bertz CT molecular complexity index is 552. The van der Waals surface area contributed by atoms with Gasteiger partial charge in [-0.1, -0.05) is 0 Å². The third-order valence-electron chi connectivity index (χ3n) is 5.33. The summed E-state index contributed by atoms with van der Waals surface area (Å²) in [5.74, 6) is 2.24. The normalized spacial score (nSPS) is 37.9. The fourth-order valence-electron chi connectivity index (χ4n) is 5.04. The number of nitrogens with zero attached hydrogens (tertiary/aromatic N) is 1. The molecule has 4 bridgehead atoms. The van der Waals surface area contributed by atoms with Gasteiger partial charge in [0, 0.05) is 11.6 Å². The summed E-state index contributed by atoms with van der Waals surface area (Å²) in [5, 5.41) is 9.39. The molecule has 1 amide bonds. The van der Waals surface area contributed by atoms with E-state index in [4.69, 9.17) is 0 Å². The van der Waals surface area contributed by atoms with E-state index >= 15 is 0 Å². The van der Waals surface area contributed by atoms with Crippen LogP contribution in [0.2, 0.25) is 0 Å². The van der Waals surface area contributed by atoms with E-state index in [-0.39, 0.29) is 17.0 Å². The summed E-state index contributed by atoms with van der Waals surface area (Å²) in [6.45, 7) is 0. The van der Waals surface area contributed by atoms with Gasteiger partial charge in [-0.05, 0) is 62.3 Å². The van der Waals surface area contributed by atoms with E-state index in [1.54, 1.807) is 0 Å². The zero-order valence-electron chi connectivity index (χ0n) is 11.4. The minimum Gasteiger partial charge on any atom is -0.345 e. The molecule has 5 heteroatoms. The maximum atomic E-state index is 12.3. The van der Waals surface area contributed by atoms with E-state index in [1.165, 1.54) is 31.4 Å². The molecule has 4 fully saturated rings. The number of nitrogens with one attached hydrogen (secondary N) is 2. The molecule has 1 heterocycles. The fraction of sp³-hybridized carbons (Fsp3) is 0.667. The van der Waals surface area contributed by atoms with Crippen molar-refractivity contribution < 1.29 is 4.79 Å². The standard InChI is InChI=1S/C15H19N3O2/c19-13-2-1-12(17-18-13)14(20)16-15-6-9-3-10(7-15)5-11(4-9)8-15/h1-2,9-11H,3-8H2,(H,16,20)(H,18,19). The highest BCUT2D eigenvalue weighted by Gasteiger charge is 2.51. The van der Waals surface area contributed by atoms with Crippen LogP contribution < -0.4 is 10.9 Å². The molecule has 20 heavy (non-hydrogen) atoms. The summed E-state index contributed by atoms with van der Waals surface area (Å²) < 4.78 is 0. The molecule has 4 saturated carbocycles. The van der Waals surface area contributed by atoms with Gasteiger partial charge in [0.15, 0.2) is 0 Å². The van der Waals surface area contributed by atoms with Gasteiger partial charge in [-0.25, -0.2) is 5.10 Å². The molecule has 0 spiro atoms. The van der Waals surface area contributed by atoms with Crippen LogP contribution in [0.3, 0.4) is 0 Å². The van der Waals surface area contributed by atoms with Crippen LogP contribution in [0.1, 0.15) is 49.0 Å². The van der Waals surface area contributed by atoms with Gasteiger partial charge in [-0.2, -0.15) is 5.10 Å². The van der Waals surface area contributed by atoms with Crippen LogP contribution in [0.15, 0.2) is 16.9 Å². The Morgan fingerprint density at radius 2 is 1.75 bits per heavy atom. The van der Waals surface area contributed by atoms with Crippen molar-refractivity contribution in [2.24, 2.45) is 17.8 Å². The zero-order chi connectivity index (χ0) is 13.7. The van der Waals surface area contributed by atoms with Gasteiger partial charge in [0.25, 0.3) is 11.5 Å². The summed E-state index contributed by atoms with van der Waals surface area (Å²) >= 11 is 0. The maximum absolute atomic E-state index is 12.3. The van der Waals surface area contributed by atoms with Crippen molar-refractivity contribution in [3.63, 3.8) is 0 Å². The van der Waals surface area contributed by atoms with Gasteiger partial charge < -0.3 is 5.32 Å². The molecule has 5 rings (SSSR count). The van der Waals surface area contributed by atoms with Crippen LogP contribution in [0.5, 0.6) is 0 Å². The molecule has 5 nitrogen and oxygen atoms in total. The number of hydrogen-bond donors (Lipinski definition) is 2. The molecule has 4 aliphatic rings. The Morgan fingerprint density at radius 3 is 2.25 bits per heavy atom. The van der Waals surface area contributed by atoms with Crippen molar-refractivity contribution in [2.75, 3.05) is 0 Å². The molecule has 0 radical (unpaired) electrons. The number of hydrogen-bond acceptors (Lipinski definition) is 3. The molecule has 4 aliphatic carbocycles. The highest BCUT2D eigenvalue weighted by molar-refractivity contribution is 5.92. The SMILES string of the molecule is O=C(NC12CC3CC(CC(C3)C1)C2)c1ccc(=O)[nH]n1. The highest BCUT2D eigenvalue weighted by atomic mass is 16.2. The van der Waals surface area contributed by atoms with E-state index in [2.05, 4.69) is 15.5 Å². The summed E-state index contributed by atoms with van der Waals surface area (Å²) in [4.78, 5) is 23.3. The Hall–Kier alpha value is -1.65. The van der Waals surface area contributed by atoms with Crippen LogP contribution in [0.4, 0.5) is 0 Å². The Morgan fingerprint density at radius 1 is 1.15 bits per heavy atom. The minimum absolute atomic E-state index is 0.0103. The predicted molar refractivity (Wildman–Crippen MR) is 73.2 cm³/mol. The molecule has 0 atom stereocenters. The lowest BCUT2D eigenvalue weighted by Crippen LogP contribution is -2.59. The Balaban J connectivity index is 1.55. The van der Waals surface area contributed by atoms with Crippen LogP contribution >= 0.6 is 0 Å². The fourth-order valence-corrected chi connectivity index (χ4v) is 5.04. The number of aromatic nitrogens is 2. The molecule has 0 aromatic carbocycles. The van der Waals surface area contributed by atoms with Gasteiger partial charge in [0.2, 0.25) is 0 Å². The van der Waals surface area contributed by atoms with Crippen molar-refractivity contribution in [3.8, 4) is 0 Å². The number of carbonyl (C=O) groups excluding carboxylic acids is 1. The second kappa shape index (κ2) is 4.17. The van der Waals surface area contributed by atoms with Crippen molar-refractivity contribution in [1.82, 2.24) is 15.5 Å². The van der Waals surface area contributed by atoms with Crippen LogP contribution in [0, 0.1) is 17.8 Å². The smallest absolute Gasteiger partial charge is 0.272 e. The minimum atomic E-state index is -0.281. The topological polar surface area (TPSA) is 74.8 Å². The van der Waals surface area contributed by atoms with E-state index in [1.807, 2.05) is 0 Å². The summed E-state index contributed by atoms with van der Waals surface area (Å²) in [6.07, 6.45) is 7.42. The number of rotatable bonds is 2. The van der Waals surface area contributed by atoms with Crippen molar-refractivity contribution in [2.45, 2.75) is 44.1 Å². The zero-order valence-corrected chi connectivity index (χ0v) is 11.4. The third-order valence-corrected chi connectivity index (χ3v) is 5.33. The van der Waals surface area contributed by atoms with Crippen molar-refractivity contribution >= 4 is 5.91 Å². The maximum Gasteiger partial charge on any atom is 0.272 e. The largest absolute Gasteiger partial charge is 0.345 e. The van der Waals surface area contributed by atoms with E-state index in [0.717, 1.165) is 37.0 Å². The lowest BCUT2D eigenvalue weighted by atomic mass is 9.53. The van der Waals surface area contributed by atoms with Gasteiger partial charge in [-0.15, -0.1) is 0 Å². The number of carbonyl (C=O) groups is 1. The number of H-pyrrole nitrogens is 1. The molecule has 0 aliphatic heterocycles. The second-order valence-corrected chi connectivity index (χ2v) is 6.96. The molecule has 0 unspecified atom stereocenters. The lowest BCUT2D eigenvalue weighted by Gasteiger charge is -2.56. The Kier molecular flexibility index (Phi) is 2.53. The number of amides is 1. The lowest BCUT2D eigenvalue weighted by molar-refractivity contribution is -0.0168. The van der Waals surface area contributed by atoms with E-state index in [0.29, 0.717) is 5.69 Å². The third kappa shape index (κ3) is 1.96.